The summed E-state index contributed by atoms with van der Waals surface area (Å²) in [5.74, 6) is 0.551. The number of rotatable bonds is 2. The smallest absolute Gasteiger partial charge is 0.250 e. The van der Waals surface area contributed by atoms with Gasteiger partial charge in [0.05, 0.1) is 5.02 Å². The zero-order valence-electron chi connectivity index (χ0n) is 8.58. The second-order valence-corrected chi connectivity index (χ2v) is 4.49. The van der Waals surface area contributed by atoms with E-state index in [0.29, 0.717) is 10.9 Å². The Hall–Kier alpha value is -0.800. The average Bonchev–Trinajstić information content (AvgIpc) is 2.25. The molecule has 1 aromatic rings. The summed E-state index contributed by atoms with van der Waals surface area (Å²) in [6, 6.07) is 3.16. The van der Waals surface area contributed by atoms with Crippen LogP contribution in [0.2, 0.25) is 5.02 Å². The van der Waals surface area contributed by atoms with E-state index in [1.54, 1.807) is 16.8 Å². The lowest BCUT2D eigenvalue weighted by Crippen LogP contribution is -2.34. The minimum atomic E-state index is 0.0324. The predicted molar refractivity (Wildman–Crippen MR) is 61.3 cm³/mol. The quantitative estimate of drug-likeness (QED) is 0.830. The minimum Gasteiger partial charge on any atom is -0.316 e. The van der Waals surface area contributed by atoms with Gasteiger partial charge in [0.25, 0.3) is 5.56 Å². The van der Waals surface area contributed by atoms with Gasteiger partial charge in [-0.05, 0) is 37.9 Å². The number of nitrogens with one attached hydrogen (secondary N) is 1. The zero-order valence-corrected chi connectivity index (χ0v) is 9.33. The monoisotopic (exact) mass is 226 g/mol. The summed E-state index contributed by atoms with van der Waals surface area (Å²) in [4.78, 5) is 11.5. The van der Waals surface area contributed by atoms with Crippen molar-refractivity contribution in [3.05, 3.63) is 33.7 Å². The molecule has 0 aliphatic carbocycles. The van der Waals surface area contributed by atoms with Gasteiger partial charge in [-0.25, -0.2) is 0 Å². The zero-order chi connectivity index (χ0) is 10.7. The maximum absolute atomic E-state index is 11.5. The first-order chi connectivity index (χ1) is 7.25. The predicted octanol–water partition coefficient (Wildman–Crippen LogP) is 1.50. The van der Waals surface area contributed by atoms with Crippen LogP contribution >= 0.6 is 11.6 Å². The number of hydrogen-bond acceptors (Lipinski definition) is 2. The van der Waals surface area contributed by atoms with Crippen LogP contribution in [-0.4, -0.2) is 17.7 Å². The molecule has 1 aromatic heterocycles. The van der Waals surface area contributed by atoms with Crippen LogP contribution in [0.4, 0.5) is 0 Å². The van der Waals surface area contributed by atoms with Gasteiger partial charge in [0, 0.05) is 18.8 Å². The molecule has 0 spiro atoms. The molecule has 0 amide bonds. The molecule has 1 atom stereocenters. The Morgan fingerprint density at radius 1 is 1.53 bits per heavy atom. The van der Waals surface area contributed by atoms with Crippen molar-refractivity contribution < 1.29 is 0 Å². The van der Waals surface area contributed by atoms with Crippen LogP contribution in [0.1, 0.15) is 12.8 Å². The summed E-state index contributed by atoms with van der Waals surface area (Å²) in [7, 11) is 0. The molecule has 82 valence electrons. The molecule has 0 bridgehead atoms. The molecule has 0 aromatic carbocycles. The highest BCUT2D eigenvalue weighted by atomic mass is 35.5. The molecule has 0 radical (unpaired) electrons. The highest BCUT2D eigenvalue weighted by Crippen LogP contribution is 2.12. The van der Waals surface area contributed by atoms with Crippen LogP contribution in [0, 0.1) is 5.92 Å². The lowest BCUT2D eigenvalue weighted by atomic mass is 10.00. The standard InChI is InChI=1S/C11H15ClN2O/c12-10-3-4-11(15)14(8-10)7-9-2-1-5-13-6-9/h3-4,8-9,13H,1-2,5-7H2/t9-/m0/s1. The molecule has 1 aliphatic rings. The fraction of sp³-hybridized carbons (Fsp3) is 0.545. The lowest BCUT2D eigenvalue weighted by Gasteiger charge is -2.23. The first-order valence-corrected chi connectivity index (χ1v) is 5.70. The van der Waals surface area contributed by atoms with E-state index in [9.17, 15) is 4.79 Å². The Kier molecular flexibility index (Phi) is 3.44. The molecule has 1 N–H and O–H groups in total. The molecule has 1 aliphatic heterocycles. The minimum absolute atomic E-state index is 0.0324. The fourth-order valence-corrected chi connectivity index (χ4v) is 2.18. The van der Waals surface area contributed by atoms with E-state index in [1.807, 2.05) is 0 Å². The van der Waals surface area contributed by atoms with Crippen LogP contribution in [0.15, 0.2) is 23.1 Å². The highest BCUT2D eigenvalue weighted by Gasteiger charge is 2.13. The third-order valence-corrected chi connectivity index (χ3v) is 3.02. The summed E-state index contributed by atoms with van der Waals surface area (Å²) in [6.07, 6.45) is 4.10. The summed E-state index contributed by atoms with van der Waals surface area (Å²) in [6.45, 7) is 2.87. The number of aromatic nitrogens is 1. The van der Waals surface area contributed by atoms with Crippen molar-refractivity contribution in [2.24, 2.45) is 5.92 Å². The van der Waals surface area contributed by atoms with E-state index in [1.165, 1.54) is 18.9 Å². The third kappa shape index (κ3) is 2.83. The Bertz CT molecular complexity index is 382. The second kappa shape index (κ2) is 4.81. The summed E-state index contributed by atoms with van der Waals surface area (Å²) >= 11 is 5.86. The SMILES string of the molecule is O=c1ccc(Cl)cn1C[C@H]1CCCNC1. The molecule has 2 heterocycles. The first-order valence-electron chi connectivity index (χ1n) is 5.32. The first kappa shape index (κ1) is 10.7. The van der Waals surface area contributed by atoms with Crippen molar-refractivity contribution in [2.45, 2.75) is 19.4 Å². The summed E-state index contributed by atoms with van der Waals surface area (Å²) in [5.41, 5.74) is 0.0324. The maximum Gasteiger partial charge on any atom is 0.250 e. The average molecular weight is 227 g/mol. The Morgan fingerprint density at radius 2 is 2.40 bits per heavy atom. The van der Waals surface area contributed by atoms with E-state index in [-0.39, 0.29) is 5.56 Å². The number of nitrogens with zero attached hydrogens (tertiary/aromatic N) is 1. The summed E-state index contributed by atoms with van der Waals surface area (Å²) < 4.78 is 1.71. The molecule has 4 heteroatoms. The van der Waals surface area contributed by atoms with Gasteiger partial charge in [0.15, 0.2) is 0 Å². The van der Waals surface area contributed by atoms with Crippen LogP contribution in [-0.2, 0) is 6.54 Å². The van der Waals surface area contributed by atoms with E-state index in [4.69, 9.17) is 11.6 Å². The van der Waals surface area contributed by atoms with Crippen molar-refractivity contribution in [3.63, 3.8) is 0 Å². The molecule has 15 heavy (non-hydrogen) atoms. The fourth-order valence-electron chi connectivity index (χ4n) is 2.00. The van der Waals surface area contributed by atoms with Gasteiger partial charge < -0.3 is 9.88 Å². The summed E-state index contributed by atoms with van der Waals surface area (Å²) in [5, 5.41) is 3.96. The molecule has 2 rings (SSSR count). The molecule has 0 saturated carbocycles. The lowest BCUT2D eigenvalue weighted by molar-refractivity contribution is 0.334. The molecule has 1 fully saturated rings. The topological polar surface area (TPSA) is 34.0 Å². The van der Waals surface area contributed by atoms with Gasteiger partial charge in [-0.3, -0.25) is 4.79 Å². The van der Waals surface area contributed by atoms with Gasteiger partial charge in [-0.2, -0.15) is 0 Å². The molecular formula is C11H15ClN2O. The van der Waals surface area contributed by atoms with Gasteiger partial charge in [-0.1, -0.05) is 11.6 Å². The Balaban J connectivity index is 2.09. The normalized spacial score (nSPS) is 21.5. The third-order valence-electron chi connectivity index (χ3n) is 2.80. The van der Waals surface area contributed by atoms with Crippen molar-refractivity contribution >= 4 is 11.6 Å². The highest BCUT2D eigenvalue weighted by molar-refractivity contribution is 6.30. The van der Waals surface area contributed by atoms with Crippen molar-refractivity contribution in [1.29, 1.82) is 0 Å². The number of piperidine rings is 1. The van der Waals surface area contributed by atoms with Gasteiger partial charge in [-0.15, -0.1) is 0 Å². The van der Waals surface area contributed by atoms with Crippen LogP contribution < -0.4 is 10.9 Å². The largest absolute Gasteiger partial charge is 0.316 e. The molecule has 3 nitrogen and oxygen atoms in total. The maximum atomic E-state index is 11.5. The van der Waals surface area contributed by atoms with Crippen molar-refractivity contribution in [3.8, 4) is 0 Å². The van der Waals surface area contributed by atoms with Crippen LogP contribution in [0.3, 0.4) is 0 Å². The number of hydrogen-bond donors (Lipinski definition) is 1. The number of halogens is 1. The second-order valence-electron chi connectivity index (χ2n) is 4.05. The molecule has 0 unspecified atom stereocenters. The molecule has 1 saturated heterocycles. The van der Waals surface area contributed by atoms with Gasteiger partial charge >= 0.3 is 0 Å². The van der Waals surface area contributed by atoms with Gasteiger partial charge in [0.2, 0.25) is 0 Å². The molecular weight excluding hydrogens is 212 g/mol. The van der Waals surface area contributed by atoms with Crippen molar-refractivity contribution in [2.75, 3.05) is 13.1 Å². The Morgan fingerprint density at radius 3 is 3.13 bits per heavy atom. The van der Waals surface area contributed by atoms with Crippen LogP contribution in [0.25, 0.3) is 0 Å². The number of pyridine rings is 1. The van der Waals surface area contributed by atoms with E-state index in [2.05, 4.69) is 5.32 Å². The van der Waals surface area contributed by atoms with Crippen molar-refractivity contribution in [1.82, 2.24) is 9.88 Å². The van der Waals surface area contributed by atoms with E-state index < -0.39 is 0 Å². The van der Waals surface area contributed by atoms with Gasteiger partial charge in [0.1, 0.15) is 0 Å². The van der Waals surface area contributed by atoms with Crippen LogP contribution in [0.5, 0.6) is 0 Å². The van der Waals surface area contributed by atoms with E-state index >= 15 is 0 Å². The van der Waals surface area contributed by atoms with E-state index in [0.717, 1.165) is 19.6 Å². The Labute approximate surface area is 94.1 Å².